The maximum Gasteiger partial charge on any atom is 0.132 e. The fraction of sp³-hybridized carbons (Fsp3) is 0.0769. The molecule has 0 saturated heterocycles. The number of methoxy groups -OCH3 is 1. The molecule has 0 spiro atoms. The van der Waals surface area contributed by atoms with Gasteiger partial charge in [0.25, 0.3) is 0 Å². The highest BCUT2D eigenvalue weighted by Gasteiger charge is 2.05. The summed E-state index contributed by atoms with van der Waals surface area (Å²) in [4.78, 5) is 5.20. The van der Waals surface area contributed by atoms with Gasteiger partial charge in [0.05, 0.1) is 23.6 Å². The first kappa shape index (κ1) is 11.5. The molecule has 4 heteroatoms. The summed E-state index contributed by atoms with van der Waals surface area (Å²) in [5, 5.41) is 9.60. The molecular weight excluding hydrogens is 232 g/mol. The van der Waals surface area contributed by atoms with E-state index < -0.39 is 0 Å². The zero-order valence-electron chi connectivity index (χ0n) is 9.25. The molecule has 1 heterocycles. The van der Waals surface area contributed by atoms with Crippen LogP contribution in [0.4, 0.5) is 0 Å². The third-order valence-electron chi connectivity index (χ3n) is 2.15. The van der Waals surface area contributed by atoms with Crippen molar-refractivity contribution in [2.45, 2.75) is 9.92 Å². The van der Waals surface area contributed by atoms with Gasteiger partial charge in [-0.05, 0) is 24.3 Å². The molecule has 0 bridgehead atoms. The molecule has 0 amide bonds. The molecule has 1 aromatic heterocycles. The summed E-state index contributed by atoms with van der Waals surface area (Å²) in [7, 11) is 1.64. The van der Waals surface area contributed by atoms with E-state index in [-0.39, 0.29) is 0 Å². The van der Waals surface area contributed by atoms with Crippen LogP contribution in [0.5, 0.6) is 5.75 Å². The van der Waals surface area contributed by atoms with Gasteiger partial charge in [-0.1, -0.05) is 23.9 Å². The fourth-order valence-corrected chi connectivity index (χ4v) is 2.27. The lowest BCUT2D eigenvalue weighted by atomic mass is 10.3. The van der Waals surface area contributed by atoms with Crippen molar-refractivity contribution in [3.8, 4) is 11.8 Å². The number of ether oxygens (including phenoxy) is 1. The molecule has 84 valence electrons. The Hall–Kier alpha value is -1.99. The molecule has 0 saturated carbocycles. The van der Waals surface area contributed by atoms with Crippen molar-refractivity contribution >= 4 is 11.8 Å². The average Bonchev–Trinajstić information content (AvgIpc) is 2.39. The normalized spacial score (nSPS) is 9.65. The van der Waals surface area contributed by atoms with Crippen LogP contribution in [0, 0.1) is 11.3 Å². The van der Waals surface area contributed by atoms with Crippen LogP contribution in [0.1, 0.15) is 5.56 Å². The number of nitriles is 1. The van der Waals surface area contributed by atoms with Crippen molar-refractivity contribution < 1.29 is 4.74 Å². The van der Waals surface area contributed by atoms with Crippen LogP contribution in [0.15, 0.2) is 52.5 Å². The Morgan fingerprint density at radius 1 is 1.29 bits per heavy atom. The van der Waals surface area contributed by atoms with E-state index in [0.717, 1.165) is 15.7 Å². The summed E-state index contributed by atoms with van der Waals surface area (Å²) >= 11 is 1.48. The second-order valence-corrected chi connectivity index (χ2v) is 4.31. The molecule has 1 aromatic carbocycles. The number of pyridine rings is 1. The highest BCUT2D eigenvalue weighted by Crippen LogP contribution is 2.33. The molecule has 2 aromatic rings. The van der Waals surface area contributed by atoms with Crippen molar-refractivity contribution in [1.82, 2.24) is 4.98 Å². The maximum atomic E-state index is 8.82. The first-order valence-corrected chi connectivity index (χ1v) is 5.82. The van der Waals surface area contributed by atoms with Gasteiger partial charge in [0.15, 0.2) is 0 Å². The summed E-state index contributed by atoms with van der Waals surface area (Å²) in [5.41, 5.74) is 0.609. The van der Waals surface area contributed by atoms with Gasteiger partial charge in [-0.25, -0.2) is 4.98 Å². The maximum absolute atomic E-state index is 8.82. The quantitative estimate of drug-likeness (QED) is 0.829. The van der Waals surface area contributed by atoms with Gasteiger partial charge in [-0.3, -0.25) is 0 Å². The minimum atomic E-state index is 0.609. The zero-order chi connectivity index (χ0) is 12.1. The third-order valence-corrected chi connectivity index (χ3v) is 3.14. The minimum Gasteiger partial charge on any atom is -0.496 e. The van der Waals surface area contributed by atoms with Crippen LogP contribution in [0.2, 0.25) is 0 Å². The van der Waals surface area contributed by atoms with Crippen molar-refractivity contribution in [2.75, 3.05) is 7.11 Å². The third kappa shape index (κ3) is 2.77. The Kier molecular flexibility index (Phi) is 3.63. The Balaban J connectivity index is 2.28. The fourth-order valence-electron chi connectivity index (χ4n) is 1.35. The van der Waals surface area contributed by atoms with E-state index in [1.165, 1.54) is 11.8 Å². The van der Waals surface area contributed by atoms with Gasteiger partial charge in [-0.2, -0.15) is 5.26 Å². The lowest BCUT2D eigenvalue weighted by Gasteiger charge is -2.06. The van der Waals surface area contributed by atoms with E-state index in [2.05, 4.69) is 11.1 Å². The molecule has 0 fully saturated rings. The summed E-state index contributed by atoms with van der Waals surface area (Å²) in [6.07, 6.45) is 1.64. The van der Waals surface area contributed by atoms with E-state index in [1.54, 1.807) is 25.4 Å². The molecule has 3 nitrogen and oxygen atoms in total. The molecule has 0 radical (unpaired) electrons. The van der Waals surface area contributed by atoms with Gasteiger partial charge in [-0.15, -0.1) is 0 Å². The van der Waals surface area contributed by atoms with Crippen LogP contribution in [-0.2, 0) is 0 Å². The van der Waals surface area contributed by atoms with Gasteiger partial charge in [0.2, 0.25) is 0 Å². The largest absolute Gasteiger partial charge is 0.496 e. The van der Waals surface area contributed by atoms with E-state index in [0.29, 0.717) is 5.56 Å². The first-order chi connectivity index (χ1) is 8.33. The zero-order valence-corrected chi connectivity index (χ0v) is 10.1. The van der Waals surface area contributed by atoms with Crippen LogP contribution >= 0.6 is 11.8 Å². The molecule has 0 atom stereocenters. The topological polar surface area (TPSA) is 45.9 Å². The number of hydrogen-bond acceptors (Lipinski definition) is 4. The van der Waals surface area contributed by atoms with E-state index in [1.807, 2.05) is 24.3 Å². The molecule has 17 heavy (non-hydrogen) atoms. The molecule has 0 N–H and O–H groups in total. The van der Waals surface area contributed by atoms with Gasteiger partial charge in [0.1, 0.15) is 10.8 Å². The van der Waals surface area contributed by atoms with Crippen LogP contribution in [0.25, 0.3) is 0 Å². The number of para-hydroxylation sites is 1. The number of rotatable bonds is 3. The van der Waals surface area contributed by atoms with Gasteiger partial charge >= 0.3 is 0 Å². The van der Waals surface area contributed by atoms with Gasteiger partial charge in [0, 0.05) is 6.20 Å². The second-order valence-electron chi connectivity index (χ2n) is 3.25. The molecule has 0 aliphatic carbocycles. The summed E-state index contributed by atoms with van der Waals surface area (Å²) in [5.74, 6) is 0.807. The number of aromatic nitrogens is 1. The standard InChI is InChI=1S/C13H10N2OS/c1-16-11-4-2-3-5-12(11)17-13-8-10(9-14)6-7-15-13/h2-8H,1H3. The molecule has 0 unspecified atom stereocenters. The van der Waals surface area contributed by atoms with Crippen molar-refractivity contribution in [1.29, 1.82) is 5.26 Å². The lowest BCUT2D eigenvalue weighted by Crippen LogP contribution is -1.87. The van der Waals surface area contributed by atoms with E-state index in [9.17, 15) is 0 Å². The molecular formula is C13H10N2OS. The summed E-state index contributed by atoms with van der Waals surface area (Å²) in [6, 6.07) is 13.3. The predicted molar refractivity (Wildman–Crippen MR) is 66.1 cm³/mol. The minimum absolute atomic E-state index is 0.609. The van der Waals surface area contributed by atoms with Crippen molar-refractivity contribution in [2.24, 2.45) is 0 Å². The Labute approximate surface area is 104 Å². The van der Waals surface area contributed by atoms with Crippen molar-refractivity contribution in [3.63, 3.8) is 0 Å². The van der Waals surface area contributed by atoms with Crippen LogP contribution in [0.3, 0.4) is 0 Å². The van der Waals surface area contributed by atoms with Crippen LogP contribution < -0.4 is 4.74 Å². The molecule has 2 rings (SSSR count). The average molecular weight is 242 g/mol. The van der Waals surface area contributed by atoms with Gasteiger partial charge < -0.3 is 4.74 Å². The summed E-state index contributed by atoms with van der Waals surface area (Å²) in [6.45, 7) is 0. The van der Waals surface area contributed by atoms with E-state index >= 15 is 0 Å². The summed E-state index contributed by atoms with van der Waals surface area (Å²) < 4.78 is 5.26. The SMILES string of the molecule is COc1ccccc1Sc1cc(C#N)ccn1. The Morgan fingerprint density at radius 3 is 2.88 bits per heavy atom. The second kappa shape index (κ2) is 5.37. The lowest BCUT2D eigenvalue weighted by molar-refractivity contribution is 0.405. The predicted octanol–water partition coefficient (Wildman–Crippen LogP) is 3.11. The number of hydrogen-bond donors (Lipinski definition) is 0. The van der Waals surface area contributed by atoms with Crippen molar-refractivity contribution in [3.05, 3.63) is 48.2 Å². The van der Waals surface area contributed by atoms with Crippen LogP contribution in [-0.4, -0.2) is 12.1 Å². The van der Waals surface area contributed by atoms with E-state index in [4.69, 9.17) is 10.00 Å². The number of nitrogens with zero attached hydrogens (tertiary/aromatic N) is 2. The molecule has 0 aliphatic heterocycles. The molecule has 0 aliphatic rings. The highest BCUT2D eigenvalue weighted by atomic mass is 32.2. The first-order valence-electron chi connectivity index (χ1n) is 5.00. The smallest absolute Gasteiger partial charge is 0.132 e. The number of benzene rings is 1. The highest BCUT2D eigenvalue weighted by molar-refractivity contribution is 7.99. The Morgan fingerprint density at radius 2 is 2.12 bits per heavy atom. The Bertz CT molecular complexity index is 563. The monoisotopic (exact) mass is 242 g/mol.